The van der Waals surface area contributed by atoms with Crippen LogP contribution in [0.5, 0.6) is 0 Å². The molecule has 1 aliphatic carbocycles. The van der Waals surface area contributed by atoms with E-state index < -0.39 is 0 Å². The Morgan fingerprint density at radius 1 is 0.821 bits per heavy atom. The van der Waals surface area contributed by atoms with E-state index in [4.69, 9.17) is 5.11 Å². The number of nitrogens with zero attached hydrogens (tertiary/aromatic N) is 5. The number of aliphatic hydroxyl groups excluding tert-OH is 1. The van der Waals surface area contributed by atoms with Gasteiger partial charge in [-0.2, -0.15) is 6.67 Å². The van der Waals surface area contributed by atoms with Crippen molar-refractivity contribution in [3.8, 4) is 0 Å². The van der Waals surface area contributed by atoms with Crippen LogP contribution < -0.4 is 53.8 Å². The molecule has 0 amide bonds. The Balaban J connectivity index is 0.000000292. The Hall–Kier alpha value is -0.770. The van der Waals surface area contributed by atoms with E-state index in [2.05, 4.69) is 55.6 Å². The molecule has 0 aromatic heterocycles. The number of aliphatic hydroxyl groups is 1. The molecular formula is C28H41AuI2N5O3-. The van der Waals surface area contributed by atoms with Crippen molar-refractivity contribution >= 4 is 10.8 Å². The van der Waals surface area contributed by atoms with Gasteiger partial charge in [-0.15, -0.1) is 0 Å². The Bertz CT molecular complexity index is 1270. The van der Waals surface area contributed by atoms with Crippen LogP contribution in [-0.2, 0) is 22.4 Å². The largest absolute Gasteiger partial charge is 3.00 e. The molecule has 2 aliphatic heterocycles. The summed E-state index contributed by atoms with van der Waals surface area (Å²) in [4.78, 5) is 32.5. The number of hydrogen-bond acceptors (Lipinski definition) is 6. The SMILES string of the molecule is CCC[I-]n1[cH-]n([I-]CCC)c2c(=O)c3ccccc3c(=O)c1=2.CCN(CC)CCN1C=CN(CCO)[CH-]1.[Au+3]. The van der Waals surface area contributed by atoms with Crippen LogP contribution in [0.3, 0.4) is 0 Å². The van der Waals surface area contributed by atoms with Gasteiger partial charge < -0.3 is 19.8 Å². The minimum Gasteiger partial charge on any atom is -0.507 e. The van der Waals surface area contributed by atoms with Crippen molar-refractivity contribution in [1.29, 1.82) is 0 Å². The first kappa shape index (κ1) is 34.4. The maximum absolute atomic E-state index is 13.0. The van der Waals surface area contributed by atoms with Crippen molar-refractivity contribution in [3.05, 3.63) is 80.8 Å². The summed E-state index contributed by atoms with van der Waals surface area (Å²) in [6.45, 7) is 15.9. The van der Waals surface area contributed by atoms with E-state index in [0.717, 1.165) is 47.9 Å². The number of alkyl halides is 2. The fourth-order valence-corrected chi connectivity index (χ4v) is 9.01. The van der Waals surface area contributed by atoms with Gasteiger partial charge in [-0.05, 0) is 25.5 Å². The van der Waals surface area contributed by atoms with Crippen LogP contribution in [0.25, 0.3) is 10.8 Å². The summed E-state index contributed by atoms with van der Waals surface area (Å²) in [5.74, 6) is 0. The molecule has 0 saturated heterocycles. The molecule has 0 unspecified atom stereocenters. The normalized spacial score (nSPS) is 13.1. The molecule has 0 radical (unpaired) electrons. The van der Waals surface area contributed by atoms with E-state index in [1.807, 2.05) is 29.9 Å². The predicted octanol–water partition coefficient (Wildman–Crippen LogP) is -3.34. The summed E-state index contributed by atoms with van der Waals surface area (Å²) in [5.41, 5.74) is 0.0375. The molecule has 1 aromatic rings. The van der Waals surface area contributed by atoms with Crippen LogP contribution in [0.15, 0.2) is 52.6 Å². The zero-order valence-corrected chi connectivity index (χ0v) is 29.7. The Morgan fingerprint density at radius 3 is 1.74 bits per heavy atom. The van der Waals surface area contributed by atoms with Crippen molar-refractivity contribution in [2.45, 2.75) is 40.5 Å². The van der Waals surface area contributed by atoms with Gasteiger partial charge in [0.2, 0.25) is 0 Å². The van der Waals surface area contributed by atoms with E-state index in [9.17, 15) is 9.59 Å². The van der Waals surface area contributed by atoms with Gasteiger partial charge in [-0.1, -0.05) is 13.8 Å². The maximum atomic E-state index is 13.0. The van der Waals surface area contributed by atoms with E-state index in [1.54, 1.807) is 12.1 Å². The van der Waals surface area contributed by atoms with Crippen LogP contribution in [0, 0.1) is 17.4 Å². The van der Waals surface area contributed by atoms with E-state index >= 15 is 0 Å². The molecule has 39 heavy (non-hydrogen) atoms. The smallest absolute Gasteiger partial charge is 0.507 e. The van der Waals surface area contributed by atoms with Crippen LogP contribution in [0.1, 0.15) is 40.5 Å². The second kappa shape index (κ2) is 17.9. The van der Waals surface area contributed by atoms with Gasteiger partial charge in [0.25, 0.3) is 0 Å². The monoisotopic (exact) mass is 946 g/mol. The number of rotatable bonds is 13. The van der Waals surface area contributed by atoms with Gasteiger partial charge >= 0.3 is 179 Å². The average molecular weight is 946 g/mol. The number of hydrogen-bond donors (Lipinski definition) is 1. The Labute approximate surface area is 268 Å². The fraction of sp³-hybridized carbons (Fsp3) is 0.500. The number of aromatic nitrogens is 2. The number of β-amino-alcohol motifs (C(OH)–C–C–N with tert-alkyl or cyclic N) is 1. The molecule has 0 bridgehead atoms. The number of likely N-dealkylation sites (N-methyl/N-ethyl adjacent to an activating group) is 1. The van der Waals surface area contributed by atoms with Crippen LogP contribution in [0.2, 0.25) is 0 Å². The summed E-state index contributed by atoms with van der Waals surface area (Å²) in [7, 11) is 0. The summed E-state index contributed by atoms with van der Waals surface area (Å²) < 4.78 is 6.47. The molecule has 1 aromatic carbocycles. The van der Waals surface area contributed by atoms with Gasteiger partial charge in [-0.3, -0.25) is 0 Å². The topological polar surface area (TPSA) is 74.0 Å². The van der Waals surface area contributed by atoms with Crippen LogP contribution in [-0.4, -0.2) is 73.6 Å². The van der Waals surface area contributed by atoms with Gasteiger partial charge in [0.05, 0.1) is 6.61 Å². The first-order valence-electron chi connectivity index (χ1n) is 13.4. The zero-order valence-electron chi connectivity index (χ0n) is 23.2. The molecular weight excluding hydrogens is 905 g/mol. The van der Waals surface area contributed by atoms with Gasteiger partial charge in [0.1, 0.15) is 0 Å². The van der Waals surface area contributed by atoms with Crippen LogP contribution in [0.4, 0.5) is 0 Å². The molecule has 0 fully saturated rings. The first-order valence-corrected chi connectivity index (χ1v) is 18.4. The fourth-order valence-electron chi connectivity index (χ4n) is 4.10. The van der Waals surface area contributed by atoms with E-state index in [-0.39, 0.29) is 82.8 Å². The second-order valence-electron chi connectivity index (χ2n) is 8.90. The third-order valence-electron chi connectivity index (χ3n) is 6.18. The average Bonchev–Trinajstić information content (AvgIpc) is 3.55. The zero-order chi connectivity index (χ0) is 27.5. The molecule has 3 aliphatic rings. The first-order chi connectivity index (χ1) is 18.5. The molecule has 1 N–H and O–H groups in total. The van der Waals surface area contributed by atoms with Crippen molar-refractivity contribution in [3.63, 3.8) is 0 Å². The van der Waals surface area contributed by atoms with E-state index in [0.29, 0.717) is 28.0 Å². The molecule has 8 nitrogen and oxygen atoms in total. The molecule has 0 saturated carbocycles. The third-order valence-corrected chi connectivity index (χ3v) is 12.2. The van der Waals surface area contributed by atoms with Gasteiger partial charge in [-0.25, -0.2) is 0 Å². The van der Waals surface area contributed by atoms with Crippen molar-refractivity contribution in [2.24, 2.45) is 0 Å². The van der Waals surface area contributed by atoms with Crippen LogP contribution >= 0.6 is 0 Å². The molecule has 0 atom stereocenters. The number of halogens is 2. The third kappa shape index (κ3) is 9.11. The quantitative estimate of drug-likeness (QED) is 0.0838. The predicted molar refractivity (Wildman–Crippen MR) is 146 cm³/mol. The molecule has 222 valence electrons. The van der Waals surface area contributed by atoms with Crippen molar-refractivity contribution < 1.29 is 70.4 Å². The summed E-state index contributed by atoms with van der Waals surface area (Å²) in [6, 6.07) is 7.22. The molecule has 2 heterocycles. The van der Waals surface area contributed by atoms with E-state index in [1.165, 1.54) is 0 Å². The molecule has 0 spiro atoms. The summed E-state index contributed by atoms with van der Waals surface area (Å²) in [5, 5.41) is 11.2. The van der Waals surface area contributed by atoms with Gasteiger partial charge in [0, 0.05) is 19.6 Å². The Kier molecular flexibility index (Phi) is 15.8. The summed E-state index contributed by atoms with van der Waals surface area (Å²) >= 11 is -0.564. The minimum absolute atomic E-state index is 0. The molecule has 4 rings (SSSR count). The van der Waals surface area contributed by atoms with Gasteiger partial charge in [0.15, 0.2) is 0 Å². The van der Waals surface area contributed by atoms with Crippen molar-refractivity contribution in [2.75, 3.05) is 48.2 Å². The number of benzene rings is 1. The van der Waals surface area contributed by atoms with Crippen molar-refractivity contribution in [1.82, 2.24) is 20.3 Å². The molecule has 11 heteroatoms. The minimum atomic E-state index is -0.282. The second-order valence-corrected chi connectivity index (χ2v) is 14.5. The summed E-state index contributed by atoms with van der Waals surface area (Å²) in [6.07, 6.45) is 8.34. The Morgan fingerprint density at radius 2 is 1.31 bits per heavy atom. The standard InChI is InChI=1S/C17H19I2N2O2.C11H22N3O.Au/c1-3-9-18-20-11-21(19-10-4-2)15-14(20)16(22)12-7-5-6-8-13(12)17(15)23;1-3-12(4-2)5-6-13-7-8-14(11-13)9-10-15;/h5-8,11H,3-4,9-10H2,1-2H3;7-8,11,15H,3-6,9-10H2,1-2H3;/q-3;-1;+3. The maximum Gasteiger partial charge on any atom is 3.00 e. The number of fused-ring (bicyclic) bond motifs is 1.